The molecule has 0 bridgehead atoms. The molecule has 3 rings (SSSR count). The molecule has 2 unspecified atom stereocenters. The molecule has 1 aromatic heterocycles. The molecule has 6 nitrogen and oxygen atoms in total. The summed E-state index contributed by atoms with van der Waals surface area (Å²) in [5.41, 5.74) is 0.00401. The Bertz CT molecular complexity index is 821. The van der Waals surface area contributed by atoms with E-state index in [0.717, 1.165) is 30.8 Å². The van der Waals surface area contributed by atoms with Crippen molar-refractivity contribution in [2.75, 3.05) is 19.6 Å². The molecule has 0 aromatic carbocycles. The summed E-state index contributed by atoms with van der Waals surface area (Å²) in [6, 6.07) is 9.99. The highest BCUT2D eigenvalue weighted by atomic mass is 15.1. The van der Waals surface area contributed by atoms with Gasteiger partial charge in [0, 0.05) is 24.2 Å². The second-order valence-electron chi connectivity index (χ2n) is 6.59. The summed E-state index contributed by atoms with van der Waals surface area (Å²) in [5, 5.41) is 38.0. The fourth-order valence-electron chi connectivity index (χ4n) is 4.20. The van der Waals surface area contributed by atoms with Crippen molar-refractivity contribution in [3.8, 4) is 18.2 Å². The largest absolute Gasteiger partial charge is 0.331 e. The van der Waals surface area contributed by atoms with Crippen molar-refractivity contribution in [1.29, 1.82) is 21.2 Å². The van der Waals surface area contributed by atoms with Gasteiger partial charge in [-0.05, 0) is 36.3 Å². The fourth-order valence-corrected chi connectivity index (χ4v) is 4.20. The summed E-state index contributed by atoms with van der Waals surface area (Å²) >= 11 is 0. The third kappa shape index (κ3) is 2.41. The van der Waals surface area contributed by atoms with E-state index in [1.165, 1.54) is 4.90 Å². The highest BCUT2D eigenvalue weighted by Gasteiger charge is 2.58. The molecule has 0 radical (unpaired) electrons. The Morgan fingerprint density at radius 1 is 1.28 bits per heavy atom. The van der Waals surface area contributed by atoms with Crippen LogP contribution in [0.3, 0.4) is 0 Å². The first kappa shape index (κ1) is 16.8. The Morgan fingerprint density at radius 3 is 2.52 bits per heavy atom. The number of pyridine rings is 1. The van der Waals surface area contributed by atoms with Crippen molar-refractivity contribution in [1.82, 2.24) is 4.98 Å². The molecular formula is C19H19N6+. The second-order valence-corrected chi connectivity index (χ2v) is 6.59. The lowest BCUT2D eigenvalue weighted by atomic mass is 9.54. The lowest BCUT2D eigenvalue weighted by Gasteiger charge is -2.46. The number of nitrogens with one attached hydrogen (secondary N) is 2. The molecular weight excluding hydrogens is 312 g/mol. The number of rotatable bonds is 2. The normalized spacial score (nSPS) is 30.2. The summed E-state index contributed by atoms with van der Waals surface area (Å²) in [7, 11) is 0. The third-order valence-corrected chi connectivity index (χ3v) is 5.53. The van der Waals surface area contributed by atoms with Gasteiger partial charge in [-0.15, -0.1) is 0 Å². The van der Waals surface area contributed by atoms with E-state index < -0.39 is 17.3 Å². The van der Waals surface area contributed by atoms with Crippen LogP contribution in [-0.4, -0.2) is 30.3 Å². The van der Waals surface area contributed by atoms with E-state index in [2.05, 4.69) is 30.1 Å². The van der Waals surface area contributed by atoms with E-state index in [1.54, 1.807) is 12.4 Å². The summed E-state index contributed by atoms with van der Waals surface area (Å²) in [6.45, 7) is 4.60. The van der Waals surface area contributed by atoms with Gasteiger partial charge in [0.15, 0.2) is 5.41 Å². The molecule has 124 valence electrons. The summed E-state index contributed by atoms with van der Waals surface area (Å²) in [4.78, 5) is 5.38. The Balaban J connectivity index is 2.24. The zero-order valence-electron chi connectivity index (χ0n) is 14.0. The van der Waals surface area contributed by atoms with E-state index in [4.69, 9.17) is 5.41 Å². The van der Waals surface area contributed by atoms with Crippen LogP contribution in [-0.2, 0) is 0 Å². The van der Waals surface area contributed by atoms with Gasteiger partial charge in [-0.3, -0.25) is 4.98 Å². The number of hydrogen-bond acceptors (Lipinski definition) is 5. The number of quaternary nitrogens is 1. The molecule has 2 heterocycles. The average molecular weight is 331 g/mol. The van der Waals surface area contributed by atoms with Crippen LogP contribution in [0.4, 0.5) is 0 Å². The number of likely N-dealkylation sites (N-methyl/N-ethyl adjacent to an activating group) is 1. The van der Waals surface area contributed by atoms with Crippen LogP contribution in [0.2, 0.25) is 0 Å². The highest BCUT2D eigenvalue weighted by molar-refractivity contribution is 6.00. The number of nitrogens with zero attached hydrogens (tertiary/aromatic N) is 4. The Morgan fingerprint density at radius 2 is 1.96 bits per heavy atom. The lowest BCUT2D eigenvalue weighted by molar-refractivity contribution is -0.897. The zero-order valence-corrected chi connectivity index (χ0v) is 14.0. The molecule has 1 fully saturated rings. The van der Waals surface area contributed by atoms with Gasteiger partial charge in [0.05, 0.1) is 43.6 Å². The fraction of sp³-hybridized carbons (Fsp3) is 0.421. The number of nitriles is 3. The molecule has 2 aliphatic rings. The second kappa shape index (κ2) is 6.48. The van der Waals surface area contributed by atoms with Crippen molar-refractivity contribution in [3.05, 3.63) is 41.7 Å². The highest BCUT2D eigenvalue weighted by Crippen LogP contribution is 2.52. The van der Waals surface area contributed by atoms with E-state index in [-0.39, 0.29) is 11.6 Å². The van der Waals surface area contributed by atoms with Crippen LogP contribution in [0.1, 0.15) is 18.4 Å². The van der Waals surface area contributed by atoms with E-state index in [0.29, 0.717) is 0 Å². The van der Waals surface area contributed by atoms with E-state index in [9.17, 15) is 15.8 Å². The van der Waals surface area contributed by atoms with Gasteiger partial charge < -0.3 is 10.3 Å². The molecule has 0 amide bonds. The van der Waals surface area contributed by atoms with Crippen molar-refractivity contribution < 1.29 is 4.90 Å². The lowest BCUT2D eigenvalue weighted by Crippen LogP contribution is -3.13. The molecule has 1 aromatic rings. The summed E-state index contributed by atoms with van der Waals surface area (Å²) < 4.78 is 0. The quantitative estimate of drug-likeness (QED) is 0.782. The van der Waals surface area contributed by atoms with Gasteiger partial charge in [-0.2, -0.15) is 15.8 Å². The van der Waals surface area contributed by atoms with E-state index >= 15 is 0 Å². The maximum Gasteiger partial charge on any atom is 0.189 e. The van der Waals surface area contributed by atoms with Gasteiger partial charge in [-0.1, -0.05) is 0 Å². The molecule has 4 atom stereocenters. The van der Waals surface area contributed by atoms with Crippen molar-refractivity contribution >= 4 is 5.71 Å². The molecule has 0 saturated heterocycles. The Hall–Kier alpha value is -3.01. The maximum atomic E-state index is 9.91. The van der Waals surface area contributed by atoms with Crippen molar-refractivity contribution in [3.63, 3.8) is 0 Å². The molecule has 1 aliphatic carbocycles. The Labute approximate surface area is 147 Å². The van der Waals surface area contributed by atoms with Crippen LogP contribution < -0.4 is 4.90 Å². The molecule has 1 aliphatic heterocycles. The number of aromatic nitrogens is 1. The summed E-state index contributed by atoms with van der Waals surface area (Å²) in [5.74, 6) is -1.36. The standard InChI is InChI=1S/C19H18N6/c1-2-25-8-5-14-15(9-20)18(23)19(11-21,12-22)17(16(14)10-25)13-3-6-24-7-4-13/h3-7,15-17,23H,2,8,10H2,1H3/p+1/t15?,16-,17+/m1/s1. The first-order chi connectivity index (χ1) is 12.1. The van der Waals surface area contributed by atoms with Gasteiger partial charge >= 0.3 is 0 Å². The molecule has 25 heavy (non-hydrogen) atoms. The minimum Gasteiger partial charge on any atom is -0.331 e. The average Bonchev–Trinajstić information content (AvgIpc) is 2.67. The van der Waals surface area contributed by atoms with Crippen LogP contribution in [0.15, 0.2) is 36.2 Å². The van der Waals surface area contributed by atoms with E-state index in [1.807, 2.05) is 18.2 Å². The predicted molar refractivity (Wildman–Crippen MR) is 90.3 cm³/mol. The molecule has 1 saturated carbocycles. The SMILES string of the molecule is CC[NH+]1CC=C2C(C#N)C(=N)C(C#N)(C#N)[C@@H](c3ccncc3)[C@@H]2C1. The molecule has 2 N–H and O–H groups in total. The predicted octanol–water partition coefficient (Wildman–Crippen LogP) is 0.833. The smallest absolute Gasteiger partial charge is 0.189 e. The van der Waals surface area contributed by atoms with Crippen LogP contribution in [0.25, 0.3) is 0 Å². The van der Waals surface area contributed by atoms with Crippen molar-refractivity contribution in [2.24, 2.45) is 17.3 Å². The number of hydrogen-bond donors (Lipinski definition) is 2. The van der Waals surface area contributed by atoms with Crippen LogP contribution in [0.5, 0.6) is 0 Å². The van der Waals surface area contributed by atoms with Gasteiger partial charge in [-0.25, -0.2) is 0 Å². The first-order valence-electron chi connectivity index (χ1n) is 8.37. The number of fused-ring (bicyclic) bond motifs is 1. The molecule has 6 heteroatoms. The minimum atomic E-state index is -1.63. The maximum absolute atomic E-state index is 9.91. The zero-order chi connectivity index (χ0) is 18.0. The third-order valence-electron chi connectivity index (χ3n) is 5.53. The monoisotopic (exact) mass is 331 g/mol. The van der Waals surface area contributed by atoms with Gasteiger partial charge in [0.25, 0.3) is 0 Å². The Kier molecular flexibility index (Phi) is 4.36. The first-order valence-corrected chi connectivity index (χ1v) is 8.37. The molecule has 0 spiro atoms. The van der Waals surface area contributed by atoms with Gasteiger partial charge in [0.1, 0.15) is 5.92 Å². The van der Waals surface area contributed by atoms with Crippen LogP contribution in [0, 0.1) is 56.7 Å². The van der Waals surface area contributed by atoms with Crippen LogP contribution >= 0.6 is 0 Å². The summed E-state index contributed by atoms with van der Waals surface area (Å²) in [6.07, 6.45) is 5.33. The van der Waals surface area contributed by atoms with Crippen molar-refractivity contribution in [2.45, 2.75) is 12.8 Å². The topological polar surface area (TPSA) is 113 Å². The minimum absolute atomic E-state index is 0.0933. The van der Waals surface area contributed by atoms with Gasteiger partial charge in [0.2, 0.25) is 0 Å².